The van der Waals surface area contributed by atoms with E-state index in [1.807, 2.05) is 13.8 Å². The van der Waals surface area contributed by atoms with E-state index < -0.39 is 10.0 Å². The molecule has 21 heavy (non-hydrogen) atoms. The smallest absolute Gasteiger partial charge is 0.225 e. The Morgan fingerprint density at radius 2 is 2.00 bits per heavy atom. The summed E-state index contributed by atoms with van der Waals surface area (Å²) in [5.74, 6) is -0.219. The summed E-state index contributed by atoms with van der Waals surface area (Å²) < 4.78 is 31.3. The van der Waals surface area contributed by atoms with Gasteiger partial charge in [0.15, 0.2) is 0 Å². The van der Waals surface area contributed by atoms with Crippen LogP contribution in [0.25, 0.3) is 0 Å². The van der Waals surface area contributed by atoms with Crippen LogP contribution in [0.1, 0.15) is 33.6 Å². The Balaban J connectivity index is 2.24. The normalized spacial score (nSPS) is 26.4. The molecule has 2 fully saturated rings. The van der Waals surface area contributed by atoms with E-state index >= 15 is 0 Å². The van der Waals surface area contributed by atoms with Crippen LogP contribution in [-0.2, 0) is 19.6 Å². The Morgan fingerprint density at radius 3 is 2.52 bits per heavy atom. The lowest BCUT2D eigenvalue weighted by atomic mass is 9.71. The molecule has 1 N–H and O–H groups in total. The van der Waals surface area contributed by atoms with Crippen LogP contribution in [0.15, 0.2) is 0 Å². The molecule has 2 heterocycles. The maximum Gasteiger partial charge on any atom is 0.225 e. The summed E-state index contributed by atoms with van der Waals surface area (Å²) in [6.45, 7) is 7.44. The fourth-order valence-electron chi connectivity index (χ4n) is 3.35. The monoisotopic (exact) mass is 318 g/mol. The predicted molar refractivity (Wildman–Crippen MR) is 80.3 cm³/mol. The molecule has 0 aromatic carbocycles. The summed E-state index contributed by atoms with van der Waals surface area (Å²) in [5, 5.41) is 2.95. The molecule has 122 valence electrons. The molecular formula is C14H26N2O4S. The zero-order valence-electron chi connectivity index (χ0n) is 13.1. The minimum atomic E-state index is -3.26. The van der Waals surface area contributed by atoms with Gasteiger partial charge in [0.2, 0.25) is 15.9 Å². The molecule has 0 saturated carbocycles. The average Bonchev–Trinajstić information content (AvgIpc) is 2.79. The van der Waals surface area contributed by atoms with E-state index in [-0.39, 0.29) is 29.0 Å². The van der Waals surface area contributed by atoms with Crippen molar-refractivity contribution in [2.75, 3.05) is 32.1 Å². The van der Waals surface area contributed by atoms with Gasteiger partial charge in [0.25, 0.3) is 0 Å². The Hall–Kier alpha value is -0.660. The van der Waals surface area contributed by atoms with Crippen LogP contribution in [0, 0.1) is 11.3 Å². The number of nitrogens with zero attached hydrogens (tertiary/aromatic N) is 1. The first kappa shape index (κ1) is 16.7. The van der Waals surface area contributed by atoms with Gasteiger partial charge in [-0.25, -0.2) is 12.7 Å². The SMILES string of the molecule is CCS(=O)(=O)N1C[C@H](C(=O)NC(C)C)C2(CCOCC2)C1. The molecule has 2 aliphatic rings. The zero-order chi connectivity index (χ0) is 15.7. The van der Waals surface area contributed by atoms with Crippen molar-refractivity contribution in [1.82, 2.24) is 9.62 Å². The lowest BCUT2D eigenvalue weighted by Gasteiger charge is -2.37. The molecule has 1 amide bonds. The Bertz CT molecular complexity index is 483. The molecule has 0 aromatic rings. The number of hydrogen-bond donors (Lipinski definition) is 1. The van der Waals surface area contributed by atoms with Gasteiger partial charge in [-0.05, 0) is 33.6 Å². The molecule has 0 bridgehead atoms. The van der Waals surface area contributed by atoms with E-state index in [4.69, 9.17) is 4.74 Å². The predicted octanol–water partition coefficient (Wildman–Crippen LogP) is 0.589. The molecule has 0 aliphatic carbocycles. The molecule has 2 saturated heterocycles. The van der Waals surface area contributed by atoms with Gasteiger partial charge >= 0.3 is 0 Å². The number of carbonyl (C=O) groups is 1. The lowest BCUT2D eigenvalue weighted by molar-refractivity contribution is -0.130. The van der Waals surface area contributed by atoms with E-state index in [1.54, 1.807) is 6.92 Å². The van der Waals surface area contributed by atoms with Crippen LogP contribution >= 0.6 is 0 Å². The summed E-state index contributed by atoms with van der Waals surface area (Å²) in [6.07, 6.45) is 1.50. The van der Waals surface area contributed by atoms with Crippen LogP contribution in [0.2, 0.25) is 0 Å². The highest BCUT2D eigenvalue weighted by atomic mass is 32.2. The van der Waals surface area contributed by atoms with Gasteiger partial charge in [-0.1, -0.05) is 0 Å². The molecule has 1 spiro atoms. The summed E-state index contributed by atoms with van der Waals surface area (Å²) >= 11 is 0. The van der Waals surface area contributed by atoms with Gasteiger partial charge in [-0.3, -0.25) is 4.79 Å². The second-order valence-electron chi connectivity index (χ2n) is 6.38. The van der Waals surface area contributed by atoms with Crippen molar-refractivity contribution in [2.45, 2.75) is 39.7 Å². The largest absolute Gasteiger partial charge is 0.381 e. The summed E-state index contributed by atoms with van der Waals surface area (Å²) in [7, 11) is -3.26. The highest BCUT2D eigenvalue weighted by molar-refractivity contribution is 7.89. The van der Waals surface area contributed by atoms with Crippen molar-refractivity contribution in [3.63, 3.8) is 0 Å². The third-order valence-corrected chi connectivity index (χ3v) is 6.41. The van der Waals surface area contributed by atoms with Crippen LogP contribution in [0.5, 0.6) is 0 Å². The van der Waals surface area contributed by atoms with Gasteiger partial charge < -0.3 is 10.1 Å². The Morgan fingerprint density at radius 1 is 1.38 bits per heavy atom. The topological polar surface area (TPSA) is 75.7 Å². The highest BCUT2D eigenvalue weighted by Gasteiger charge is 2.52. The van der Waals surface area contributed by atoms with Crippen molar-refractivity contribution in [3.05, 3.63) is 0 Å². The number of rotatable bonds is 4. The second-order valence-corrected chi connectivity index (χ2v) is 8.64. The fraction of sp³-hybridized carbons (Fsp3) is 0.929. The first-order chi connectivity index (χ1) is 9.81. The molecule has 2 rings (SSSR count). The van der Waals surface area contributed by atoms with Crippen molar-refractivity contribution in [2.24, 2.45) is 11.3 Å². The maximum atomic E-state index is 12.5. The van der Waals surface area contributed by atoms with Crippen molar-refractivity contribution >= 4 is 15.9 Å². The van der Waals surface area contributed by atoms with E-state index in [9.17, 15) is 13.2 Å². The van der Waals surface area contributed by atoms with Gasteiger partial charge in [-0.15, -0.1) is 0 Å². The third-order valence-electron chi connectivity index (χ3n) is 4.61. The van der Waals surface area contributed by atoms with Crippen LogP contribution < -0.4 is 5.32 Å². The summed E-state index contributed by atoms with van der Waals surface area (Å²) in [4.78, 5) is 12.5. The first-order valence-corrected chi connectivity index (χ1v) is 9.27. The molecular weight excluding hydrogens is 292 g/mol. The molecule has 2 aliphatic heterocycles. The summed E-state index contributed by atoms with van der Waals surface area (Å²) in [5.41, 5.74) is -0.264. The molecule has 0 unspecified atom stereocenters. The van der Waals surface area contributed by atoms with Gasteiger partial charge in [-0.2, -0.15) is 0 Å². The highest BCUT2D eigenvalue weighted by Crippen LogP contribution is 2.45. The van der Waals surface area contributed by atoms with Gasteiger partial charge in [0.1, 0.15) is 0 Å². The fourth-order valence-corrected chi connectivity index (χ4v) is 4.54. The Kier molecular flexibility index (Phi) is 4.95. The number of ether oxygens (including phenoxy) is 1. The molecule has 6 nitrogen and oxygen atoms in total. The number of amides is 1. The van der Waals surface area contributed by atoms with Gasteiger partial charge in [0, 0.05) is 37.8 Å². The van der Waals surface area contributed by atoms with Crippen LogP contribution in [0.4, 0.5) is 0 Å². The number of carbonyl (C=O) groups excluding carboxylic acids is 1. The second kappa shape index (κ2) is 6.22. The van der Waals surface area contributed by atoms with E-state index in [0.29, 0.717) is 26.3 Å². The van der Waals surface area contributed by atoms with Crippen molar-refractivity contribution in [1.29, 1.82) is 0 Å². The third kappa shape index (κ3) is 3.40. The lowest BCUT2D eigenvalue weighted by Crippen LogP contribution is -2.46. The molecule has 0 radical (unpaired) electrons. The minimum Gasteiger partial charge on any atom is -0.381 e. The molecule has 1 atom stereocenters. The van der Waals surface area contributed by atoms with E-state index in [0.717, 1.165) is 12.8 Å². The number of nitrogens with one attached hydrogen (secondary N) is 1. The number of hydrogen-bond acceptors (Lipinski definition) is 4. The van der Waals surface area contributed by atoms with Crippen LogP contribution in [-0.4, -0.2) is 56.7 Å². The van der Waals surface area contributed by atoms with Crippen LogP contribution in [0.3, 0.4) is 0 Å². The average molecular weight is 318 g/mol. The Labute approximate surface area is 127 Å². The molecule has 0 aromatic heterocycles. The van der Waals surface area contributed by atoms with E-state index in [2.05, 4.69) is 5.32 Å². The zero-order valence-corrected chi connectivity index (χ0v) is 13.9. The quantitative estimate of drug-likeness (QED) is 0.823. The van der Waals surface area contributed by atoms with Gasteiger partial charge in [0.05, 0.1) is 11.7 Å². The standard InChI is InChI=1S/C14H26N2O4S/c1-4-21(18,19)16-9-12(13(17)15-11(2)3)14(10-16)5-7-20-8-6-14/h11-12H,4-10H2,1-3H3,(H,15,17)/t12-/m1/s1. The number of sulfonamides is 1. The van der Waals surface area contributed by atoms with Crippen molar-refractivity contribution in [3.8, 4) is 0 Å². The maximum absolute atomic E-state index is 12.5. The minimum absolute atomic E-state index is 0.0271. The van der Waals surface area contributed by atoms with Crippen molar-refractivity contribution < 1.29 is 17.9 Å². The summed E-state index contributed by atoms with van der Waals surface area (Å²) in [6, 6.07) is 0.0613. The van der Waals surface area contributed by atoms with E-state index in [1.165, 1.54) is 4.31 Å². The first-order valence-electron chi connectivity index (χ1n) is 7.67. The molecule has 7 heteroatoms.